The molecule has 32 heavy (non-hydrogen) atoms. The minimum Gasteiger partial charge on any atom is -0.459 e. The van der Waals surface area contributed by atoms with Gasteiger partial charge in [-0.25, -0.2) is 0 Å². The summed E-state index contributed by atoms with van der Waals surface area (Å²) < 4.78 is 5.24. The van der Waals surface area contributed by atoms with Crippen molar-refractivity contribution >= 4 is 23.4 Å². The molecule has 0 bridgehead atoms. The largest absolute Gasteiger partial charge is 0.459 e. The van der Waals surface area contributed by atoms with Gasteiger partial charge in [0.2, 0.25) is 11.8 Å². The van der Waals surface area contributed by atoms with Gasteiger partial charge in [-0.1, -0.05) is 18.2 Å². The summed E-state index contributed by atoms with van der Waals surface area (Å²) in [4.78, 5) is 40.8. The Hall–Kier alpha value is -3.13. The fourth-order valence-corrected chi connectivity index (χ4v) is 3.90. The molecule has 1 saturated heterocycles. The molecule has 1 aliphatic rings. The van der Waals surface area contributed by atoms with Gasteiger partial charge in [-0.15, -0.1) is 0 Å². The number of amides is 3. The highest BCUT2D eigenvalue weighted by molar-refractivity contribution is 5.96. The third-order valence-electron chi connectivity index (χ3n) is 5.90. The number of furan rings is 1. The molecule has 2 aromatic rings. The number of piperidine rings is 1. The Labute approximate surface area is 188 Å². The normalized spacial score (nSPS) is 14.8. The summed E-state index contributed by atoms with van der Waals surface area (Å²) in [6.07, 6.45) is 3.03. The third kappa shape index (κ3) is 5.97. The van der Waals surface area contributed by atoms with E-state index in [4.69, 9.17) is 4.42 Å². The van der Waals surface area contributed by atoms with E-state index in [-0.39, 0.29) is 36.9 Å². The van der Waals surface area contributed by atoms with Crippen molar-refractivity contribution in [2.24, 2.45) is 0 Å². The first kappa shape index (κ1) is 23.5. The minimum atomic E-state index is -0.215. The number of aryl methyl sites for hydroxylation is 3. The predicted molar refractivity (Wildman–Crippen MR) is 123 cm³/mol. The lowest BCUT2D eigenvalue weighted by Gasteiger charge is -2.32. The Morgan fingerprint density at radius 3 is 2.31 bits per heavy atom. The lowest BCUT2D eigenvalue weighted by molar-refractivity contribution is -0.134. The van der Waals surface area contributed by atoms with Crippen molar-refractivity contribution in [3.63, 3.8) is 0 Å². The number of carbonyl (C=O) groups is 3. The van der Waals surface area contributed by atoms with Crippen molar-refractivity contribution in [1.29, 1.82) is 0 Å². The summed E-state index contributed by atoms with van der Waals surface area (Å²) in [5.41, 5.74) is 3.59. The molecule has 1 aromatic heterocycles. The number of likely N-dealkylation sites (tertiary alicyclic amines) is 1. The highest BCUT2D eigenvalue weighted by Gasteiger charge is 2.25. The second-order valence-corrected chi connectivity index (χ2v) is 8.52. The monoisotopic (exact) mass is 440 g/mol. The standard InChI is InChI=1S/C24H32N4O4/c1-16-6-5-7-17(2)22(16)26-20(29)14-27(4)21(30)15-28-11-8-19(9-12-28)25-24(31)23-18(3)10-13-32-23/h5-7,10,13,19H,8-9,11-12,14-15H2,1-4H3,(H,25,31)(H,26,29). The van der Waals surface area contributed by atoms with Gasteiger partial charge in [0.1, 0.15) is 0 Å². The molecule has 8 nitrogen and oxygen atoms in total. The number of carbonyl (C=O) groups excluding carboxylic acids is 3. The summed E-state index contributed by atoms with van der Waals surface area (Å²) >= 11 is 0. The van der Waals surface area contributed by atoms with E-state index in [2.05, 4.69) is 15.5 Å². The summed E-state index contributed by atoms with van der Waals surface area (Å²) in [6.45, 7) is 7.39. The van der Waals surface area contributed by atoms with Crippen LogP contribution in [-0.4, -0.2) is 66.8 Å². The lowest BCUT2D eigenvalue weighted by atomic mass is 10.0. The zero-order valence-corrected chi connectivity index (χ0v) is 19.2. The minimum absolute atomic E-state index is 0.00162. The zero-order chi connectivity index (χ0) is 23.3. The van der Waals surface area contributed by atoms with Crippen LogP contribution in [0.25, 0.3) is 0 Å². The van der Waals surface area contributed by atoms with Crippen molar-refractivity contribution in [2.45, 2.75) is 39.7 Å². The van der Waals surface area contributed by atoms with Crippen LogP contribution in [0.15, 0.2) is 34.9 Å². The molecule has 2 heterocycles. The number of nitrogens with zero attached hydrogens (tertiary/aromatic N) is 2. The molecular weight excluding hydrogens is 408 g/mol. The van der Waals surface area contributed by atoms with Crippen molar-refractivity contribution in [3.05, 3.63) is 53.0 Å². The summed E-state index contributed by atoms with van der Waals surface area (Å²) in [5.74, 6) is -0.164. The van der Waals surface area contributed by atoms with E-state index in [1.165, 1.54) is 11.2 Å². The van der Waals surface area contributed by atoms with E-state index in [1.807, 2.05) is 39.0 Å². The quantitative estimate of drug-likeness (QED) is 0.690. The second-order valence-electron chi connectivity index (χ2n) is 8.52. The number of likely N-dealkylation sites (N-methyl/N-ethyl adjacent to an activating group) is 1. The van der Waals surface area contributed by atoms with Crippen LogP contribution in [0.2, 0.25) is 0 Å². The molecule has 0 atom stereocenters. The van der Waals surface area contributed by atoms with E-state index < -0.39 is 0 Å². The van der Waals surface area contributed by atoms with Gasteiger partial charge in [-0.05, 0) is 50.8 Å². The Balaban J connectivity index is 1.41. The van der Waals surface area contributed by atoms with Crippen molar-refractivity contribution < 1.29 is 18.8 Å². The number of benzene rings is 1. The molecule has 0 saturated carbocycles. The maximum atomic E-state index is 12.6. The van der Waals surface area contributed by atoms with Crippen LogP contribution in [0, 0.1) is 20.8 Å². The molecule has 3 amide bonds. The first-order valence-corrected chi connectivity index (χ1v) is 10.9. The van der Waals surface area contributed by atoms with E-state index in [0.717, 1.165) is 35.2 Å². The Bertz CT molecular complexity index is 956. The Morgan fingerprint density at radius 2 is 1.72 bits per heavy atom. The molecule has 3 rings (SSSR count). The van der Waals surface area contributed by atoms with Crippen molar-refractivity contribution in [1.82, 2.24) is 15.1 Å². The molecule has 0 unspecified atom stereocenters. The van der Waals surface area contributed by atoms with Crippen molar-refractivity contribution in [2.75, 3.05) is 38.5 Å². The Morgan fingerprint density at radius 1 is 1.06 bits per heavy atom. The molecule has 1 fully saturated rings. The molecule has 1 aromatic carbocycles. The van der Waals surface area contributed by atoms with Crippen molar-refractivity contribution in [3.8, 4) is 0 Å². The lowest BCUT2D eigenvalue weighted by Crippen LogP contribution is -2.48. The average molecular weight is 441 g/mol. The fourth-order valence-electron chi connectivity index (χ4n) is 3.90. The smallest absolute Gasteiger partial charge is 0.287 e. The van der Waals surface area contributed by atoms with E-state index in [0.29, 0.717) is 18.8 Å². The van der Waals surface area contributed by atoms with Crippen LogP contribution in [0.5, 0.6) is 0 Å². The summed E-state index contributed by atoms with van der Waals surface area (Å²) in [5, 5.41) is 5.92. The van der Waals surface area contributed by atoms with E-state index in [1.54, 1.807) is 13.1 Å². The number of hydrogen-bond donors (Lipinski definition) is 2. The number of para-hydroxylation sites is 1. The van der Waals surface area contributed by atoms with Gasteiger partial charge >= 0.3 is 0 Å². The number of nitrogens with one attached hydrogen (secondary N) is 2. The van der Waals surface area contributed by atoms with Gasteiger partial charge in [0.15, 0.2) is 5.76 Å². The van der Waals surface area contributed by atoms with Gasteiger partial charge < -0.3 is 20.0 Å². The Kier molecular flexibility index (Phi) is 7.69. The molecular formula is C24H32N4O4. The highest BCUT2D eigenvalue weighted by atomic mass is 16.3. The first-order valence-electron chi connectivity index (χ1n) is 10.9. The number of rotatable bonds is 7. The molecule has 2 N–H and O–H groups in total. The number of hydrogen-bond acceptors (Lipinski definition) is 5. The van der Waals surface area contributed by atoms with Crippen LogP contribution in [-0.2, 0) is 9.59 Å². The topological polar surface area (TPSA) is 94.9 Å². The van der Waals surface area contributed by atoms with Crippen LogP contribution >= 0.6 is 0 Å². The maximum absolute atomic E-state index is 12.6. The number of anilines is 1. The van der Waals surface area contributed by atoms with E-state index >= 15 is 0 Å². The molecule has 0 spiro atoms. The third-order valence-corrected chi connectivity index (χ3v) is 5.90. The molecule has 8 heteroatoms. The van der Waals surface area contributed by atoms with E-state index in [9.17, 15) is 14.4 Å². The van der Waals surface area contributed by atoms with Gasteiger partial charge in [-0.2, -0.15) is 0 Å². The SMILES string of the molecule is Cc1ccoc1C(=O)NC1CCN(CC(=O)N(C)CC(=O)Nc2c(C)cccc2C)CC1. The molecule has 0 aliphatic carbocycles. The predicted octanol–water partition coefficient (Wildman–Crippen LogP) is 2.50. The van der Waals surface area contributed by atoms with Crippen LogP contribution in [0.4, 0.5) is 5.69 Å². The summed E-state index contributed by atoms with van der Waals surface area (Å²) in [7, 11) is 1.64. The first-order chi connectivity index (χ1) is 15.2. The van der Waals surface area contributed by atoms with Crippen LogP contribution < -0.4 is 10.6 Å². The highest BCUT2D eigenvalue weighted by Crippen LogP contribution is 2.19. The molecule has 0 radical (unpaired) electrons. The van der Waals surface area contributed by atoms with Gasteiger partial charge in [0, 0.05) is 37.4 Å². The maximum Gasteiger partial charge on any atom is 0.287 e. The second kappa shape index (κ2) is 10.5. The van der Waals surface area contributed by atoms with Crippen LogP contribution in [0.1, 0.15) is 40.1 Å². The fraction of sp³-hybridized carbons (Fsp3) is 0.458. The summed E-state index contributed by atoms with van der Waals surface area (Å²) in [6, 6.07) is 7.66. The van der Waals surface area contributed by atoms with Gasteiger partial charge in [0.25, 0.3) is 5.91 Å². The zero-order valence-electron chi connectivity index (χ0n) is 19.2. The van der Waals surface area contributed by atoms with Gasteiger partial charge in [0.05, 0.1) is 19.4 Å². The van der Waals surface area contributed by atoms with Crippen LogP contribution in [0.3, 0.4) is 0 Å². The molecule has 172 valence electrons. The average Bonchev–Trinajstić information content (AvgIpc) is 3.18. The van der Waals surface area contributed by atoms with Gasteiger partial charge in [-0.3, -0.25) is 19.3 Å². The molecule has 1 aliphatic heterocycles.